The highest BCUT2D eigenvalue weighted by atomic mass is 32.2. The van der Waals surface area contributed by atoms with E-state index in [0.717, 1.165) is 61.5 Å². The molecule has 0 N–H and O–H groups in total. The second-order valence-corrected chi connectivity index (χ2v) is 10.4. The van der Waals surface area contributed by atoms with Crippen LogP contribution in [0.25, 0.3) is 11.3 Å². The summed E-state index contributed by atoms with van der Waals surface area (Å²) in [4.78, 5) is 18.0. The molecule has 8 heteroatoms. The van der Waals surface area contributed by atoms with Crippen LogP contribution < -0.4 is 10.5 Å². The number of likely N-dealkylation sites (N-methyl/N-ethyl adjacent to an activating group) is 1. The van der Waals surface area contributed by atoms with E-state index in [1.807, 2.05) is 6.92 Å². The molecule has 2 fully saturated rings. The molecular weight excluding hydrogens is 388 g/mol. The molecule has 2 heterocycles. The lowest BCUT2D eigenvalue weighted by molar-refractivity contribution is 0.312. The molecule has 0 bridgehead atoms. The lowest BCUT2D eigenvalue weighted by atomic mass is 10.1. The van der Waals surface area contributed by atoms with Gasteiger partial charge < -0.3 is 9.80 Å². The summed E-state index contributed by atoms with van der Waals surface area (Å²) in [6, 6.07) is 6.78. The van der Waals surface area contributed by atoms with E-state index in [4.69, 9.17) is 5.10 Å². The molecule has 2 aromatic rings. The zero-order valence-electron chi connectivity index (χ0n) is 17.3. The van der Waals surface area contributed by atoms with Crippen LogP contribution in [0.2, 0.25) is 0 Å². The van der Waals surface area contributed by atoms with E-state index in [1.54, 1.807) is 28.9 Å². The molecule has 0 amide bonds. The maximum atomic E-state index is 13.3. The number of benzene rings is 1. The van der Waals surface area contributed by atoms with Crippen LogP contribution in [-0.2, 0) is 16.4 Å². The number of sulfone groups is 1. The first-order valence-corrected chi connectivity index (χ1v) is 12.0. The van der Waals surface area contributed by atoms with Gasteiger partial charge in [-0.15, -0.1) is 0 Å². The van der Waals surface area contributed by atoms with E-state index in [-0.39, 0.29) is 10.5 Å². The van der Waals surface area contributed by atoms with Crippen LogP contribution in [0.15, 0.2) is 34.0 Å². The Morgan fingerprint density at radius 2 is 1.69 bits per heavy atom. The van der Waals surface area contributed by atoms with Crippen molar-refractivity contribution in [3.05, 3.63) is 40.2 Å². The third kappa shape index (κ3) is 4.23. The lowest BCUT2D eigenvalue weighted by Gasteiger charge is -2.34. The molecule has 0 atom stereocenters. The lowest BCUT2D eigenvalue weighted by Crippen LogP contribution is -2.47. The SMILES string of the molecule is Cc1c(-c2ccc(S(C)(=O)=O)cc2)nn(CC2CC2)c(=O)c1N1CCN(C)CC1. The molecule has 0 unspecified atom stereocenters. The Labute approximate surface area is 171 Å². The van der Waals surface area contributed by atoms with Crippen LogP contribution in [0, 0.1) is 12.8 Å². The Balaban J connectivity index is 1.80. The minimum Gasteiger partial charge on any atom is -0.364 e. The molecule has 29 heavy (non-hydrogen) atoms. The summed E-state index contributed by atoms with van der Waals surface area (Å²) < 4.78 is 25.2. The first-order chi connectivity index (χ1) is 13.7. The van der Waals surface area contributed by atoms with Gasteiger partial charge in [-0.3, -0.25) is 4.79 Å². The highest BCUT2D eigenvalue weighted by molar-refractivity contribution is 7.90. The molecular formula is C21H28N4O3S. The largest absolute Gasteiger partial charge is 0.364 e. The number of hydrogen-bond acceptors (Lipinski definition) is 6. The Morgan fingerprint density at radius 3 is 2.24 bits per heavy atom. The number of aromatic nitrogens is 2. The van der Waals surface area contributed by atoms with Gasteiger partial charge in [-0.2, -0.15) is 5.10 Å². The summed E-state index contributed by atoms with van der Waals surface area (Å²) in [5, 5.41) is 4.70. The molecule has 1 aliphatic carbocycles. The number of hydrogen-bond donors (Lipinski definition) is 0. The maximum absolute atomic E-state index is 13.3. The Morgan fingerprint density at radius 1 is 1.07 bits per heavy atom. The number of nitrogens with zero attached hydrogens (tertiary/aromatic N) is 4. The van der Waals surface area contributed by atoms with Crippen molar-refractivity contribution in [1.29, 1.82) is 0 Å². The number of piperazine rings is 1. The third-order valence-electron chi connectivity index (χ3n) is 5.87. The molecule has 156 valence electrons. The zero-order valence-corrected chi connectivity index (χ0v) is 18.1. The van der Waals surface area contributed by atoms with E-state index in [1.165, 1.54) is 6.26 Å². The summed E-state index contributed by atoms with van der Waals surface area (Å²) >= 11 is 0. The Kier molecular flexibility index (Phi) is 5.25. The monoisotopic (exact) mass is 416 g/mol. The fraction of sp³-hybridized carbons (Fsp3) is 0.524. The van der Waals surface area contributed by atoms with Crippen molar-refractivity contribution in [3.63, 3.8) is 0 Å². The molecule has 7 nitrogen and oxygen atoms in total. The number of rotatable bonds is 5. The second-order valence-electron chi connectivity index (χ2n) is 8.34. The van der Waals surface area contributed by atoms with Gasteiger partial charge in [0, 0.05) is 50.1 Å². The first-order valence-electron chi connectivity index (χ1n) is 10.1. The second kappa shape index (κ2) is 7.57. The number of anilines is 1. The standard InChI is InChI=1S/C21H28N4O3S/c1-15-19(17-6-8-18(9-7-17)29(3,27)28)22-25(14-16-4-5-16)21(26)20(15)24-12-10-23(2)11-13-24/h6-9,16H,4-5,10-14H2,1-3H3. The van der Waals surface area contributed by atoms with Crippen molar-refractivity contribution in [1.82, 2.24) is 14.7 Å². The van der Waals surface area contributed by atoms with Crippen molar-refractivity contribution in [2.45, 2.75) is 31.2 Å². The summed E-state index contributed by atoms with van der Waals surface area (Å²) in [5.41, 5.74) is 3.15. The average molecular weight is 417 g/mol. The maximum Gasteiger partial charge on any atom is 0.290 e. The van der Waals surface area contributed by atoms with Gasteiger partial charge in [0.05, 0.1) is 10.6 Å². The molecule has 2 aliphatic rings. The Bertz CT molecular complexity index is 1060. The smallest absolute Gasteiger partial charge is 0.290 e. The van der Waals surface area contributed by atoms with Gasteiger partial charge in [0.1, 0.15) is 5.69 Å². The van der Waals surface area contributed by atoms with Crippen molar-refractivity contribution < 1.29 is 8.42 Å². The quantitative estimate of drug-likeness (QED) is 0.740. The summed E-state index contributed by atoms with van der Waals surface area (Å²) in [6.07, 6.45) is 3.49. The first kappa shape index (κ1) is 20.1. The van der Waals surface area contributed by atoms with Crippen LogP contribution in [0.3, 0.4) is 0 Å². The van der Waals surface area contributed by atoms with Gasteiger partial charge >= 0.3 is 0 Å². The van der Waals surface area contributed by atoms with Crippen molar-refractivity contribution in [3.8, 4) is 11.3 Å². The van der Waals surface area contributed by atoms with Gasteiger partial charge in [0.2, 0.25) is 0 Å². The van der Waals surface area contributed by atoms with E-state index in [9.17, 15) is 13.2 Å². The minimum absolute atomic E-state index is 0.0181. The third-order valence-corrected chi connectivity index (χ3v) is 7.00. The normalized spacial score (nSPS) is 18.2. The zero-order chi connectivity index (χ0) is 20.8. The van der Waals surface area contributed by atoms with Crippen molar-refractivity contribution in [2.24, 2.45) is 5.92 Å². The van der Waals surface area contributed by atoms with E-state index < -0.39 is 9.84 Å². The van der Waals surface area contributed by atoms with Crippen LogP contribution in [-0.4, -0.2) is 62.6 Å². The predicted octanol–water partition coefficient (Wildman–Crippen LogP) is 1.78. The van der Waals surface area contributed by atoms with Gasteiger partial charge in [-0.1, -0.05) is 12.1 Å². The molecule has 1 saturated carbocycles. The summed E-state index contributed by atoms with van der Waals surface area (Å²) in [6.45, 7) is 6.06. The van der Waals surface area contributed by atoms with E-state index in [2.05, 4.69) is 16.8 Å². The van der Waals surface area contributed by atoms with Gasteiger partial charge in [0.15, 0.2) is 9.84 Å². The fourth-order valence-corrected chi connectivity index (χ4v) is 4.47. The van der Waals surface area contributed by atoms with Gasteiger partial charge in [-0.25, -0.2) is 13.1 Å². The van der Waals surface area contributed by atoms with E-state index >= 15 is 0 Å². The highest BCUT2D eigenvalue weighted by Gasteiger charge is 2.27. The summed E-state index contributed by atoms with van der Waals surface area (Å²) in [5.74, 6) is 0.531. The topological polar surface area (TPSA) is 75.5 Å². The van der Waals surface area contributed by atoms with Crippen LogP contribution in [0.1, 0.15) is 18.4 Å². The van der Waals surface area contributed by atoms with Gasteiger partial charge in [0.25, 0.3) is 5.56 Å². The molecule has 1 saturated heterocycles. The average Bonchev–Trinajstić information content (AvgIpc) is 3.49. The molecule has 0 spiro atoms. The van der Waals surface area contributed by atoms with Crippen LogP contribution in [0.4, 0.5) is 5.69 Å². The Hall–Kier alpha value is -2.19. The van der Waals surface area contributed by atoms with E-state index in [0.29, 0.717) is 12.5 Å². The van der Waals surface area contributed by atoms with Crippen LogP contribution in [0.5, 0.6) is 0 Å². The van der Waals surface area contributed by atoms with Crippen molar-refractivity contribution in [2.75, 3.05) is 44.4 Å². The van der Waals surface area contributed by atoms with Crippen molar-refractivity contribution >= 4 is 15.5 Å². The molecule has 1 aliphatic heterocycles. The predicted molar refractivity (Wildman–Crippen MR) is 114 cm³/mol. The molecule has 1 aromatic heterocycles. The molecule has 1 aromatic carbocycles. The molecule has 4 rings (SSSR count). The van der Waals surface area contributed by atoms with Crippen LogP contribution >= 0.6 is 0 Å². The summed E-state index contributed by atoms with van der Waals surface area (Å²) in [7, 11) is -1.16. The minimum atomic E-state index is -3.25. The highest BCUT2D eigenvalue weighted by Crippen LogP contribution is 2.32. The molecule has 0 radical (unpaired) electrons. The fourth-order valence-electron chi connectivity index (χ4n) is 3.84. The van der Waals surface area contributed by atoms with Gasteiger partial charge in [-0.05, 0) is 44.9 Å².